The van der Waals surface area contributed by atoms with Gasteiger partial charge in [0, 0.05) is 0 Å². The molecule has 1 heterocycles. The quantitative estimate of drug-likeness (QED) is 0.355. The van der Waals surface area contributed by atoms with Crippen LogP contribution in [0.25, 0.3) is 0 Å². The van der Waals surface area contributed by atoms with Gasteiger partial charge in [-0.15, -0.1) is 0 Å². The van der Waals surface area contributed by atoms with Gasteiger partial charge in [-0.1, -0.05) is 0 Å². The number of nitrogens with zero attached hydrogens (tertiary/aromatic N) is 1. The zero-order valence-electron chi connectivity index (χ0n) is 6.26. The fraction of sp³-hybridized carbons (Fsp3) is 0.333. The van der Waals surface area contributed by atoms with Crippen molar-refractivity contribution in [3.05, 3.63) is 30.3 Å². The van der Waals surface area contributed by atoms with Crippen LogP contribution in [0.4, 0.5) is 0 Å². The van der Waals surface area contributed by atoms with Crippen LogP contribution in [0.1, 0.15) is 6.92 Å². The minimum absolute atomic E-state index is 0.0463. The van der Waals surface area contributed by atoms with Gasteiger partial charge in [0.2, 0.25) is 0 Å². The summed E-state index contributed by atoms with van der Waals surface area (Å²) in [5.41, 5.74) is 1.17. The van der Waals surface area contributed by atoms with Gasteiger partial charge in [0.05, 0.1) is 0 Å². The molecular weight excluding hydrogens is 122 g/mol. The maximum absolute atomic E-state index is 6.99. The summed E-state index contributed by atoms with van der Waals surface area (Å²) in [6.45, 7) is 2.01. The van der Waals surface area contributed by atoms with E-state index in [2.05, 4.69) is 5.92 Å². The van der Waals surface area contributed by atoms with Crippen molar-refractivity contribution < 1.29 is 0 Å². The van der Waals surface area contributed by atoms with Gasteiger partial charge >= 0.3 is 61.2 Å². The van der Waals surface area contributed by atoms with Crippen LogP contribution in [-0.4, -0.2) is 18.0 Å². The first-order chi connectivity index (χ1) is 4.75. The second-order valence-corrected chi connectivity index (χ2v) is 2.46. The molecule has 0 amide bonds. The van der Waals surface area contributed by atoms with Gasteiger partial charge in [-0.2, -0.15) is 0 Å². The van der Waals surface area contributed by atoms with Crippen molar-refractivity contribution in [3.63, 3.8) is 0 Å². The molecule has 50 valence electrons. The second kappa shape index (κ2) is 2.76. The van der Waals surface area contributed by atoms with Crippen molar-refractivity contribution in [2.45, 2.75) is 13.0 Å². The zero-order chi connectivity index (χ0) is 7.56. The molecule has 0 aromatic carbocycles. The standard InChI is InChI=1S/C9H10N/c1-4-9-8(2)6-5-7-10(9)3/h5-7,9H,2-3H3/q+1. The summed E-state index contributed by atoms with van der Waals surface area (Å²) >= 11 is 0. The van der Waals surface area contributed by atoms with Gasteiger partial charge in [-0.3, -0.25) is 0 Å². The third kappa shape index (κ3) is 1.14. The molecule has 1 rings (SSSR count). The van der Waals surface area contributed by atoms with Crippen LogP contribution >= 0.6 is 0 Å². The van der Waals surface area contributed by atoms with E-state index in [1.807, 2.05) is 37.2 Å². The van der Waals surface area contributed by atoms with E-state index in [0.717, 1.165) is 0 Å². The molecule has 0 N–H and O–H groups in total. The predicted octanol–water partition coefficient (Wildman–Crippen LogP) is 1.35. The second-order valence-electron chi connectivity index (χ2n) is 2.46. The molecule has 0 spiro atoms. The molecule has 0 aromatic rings. The van der Waals surface area contributed by atoms with E-state index in [4.69, 9.17) is 6.42 Å². The van der Waals surface area contributed by atoms with Crippen molar-refractivity contribution in [2.24, 2.45) is 0 Å². The summed E-state index contributed by atoms with van der Waals surface area (Å²) in [6, 6.07) is 0.0463. The van der Waals surface area contributed by atoms with Crippen molar-refractivity contribution in [1.29, 1.82) is 0 Å². The summed E-state index contributed by atoms with van der Waals surface area (Å²) in [5.74, 6) is 2.46. The Labute approximate surface area is 62.0 Å². The number of hydrogen-bond acceptors (Lipinski definition) is 1. The molecule has 0 saturated carbocycles. The van der Waals surface area contributed by atoms with Crippen LogP contribution < -0.4 is 0 Å². The van der Waals surface area contributed by atoms with Crippen molar-refractivity contribution in [1.82, 2.24) is 4.90 Å². The molecule has 0 radical (unpaired) electrons. The van der Waals surface area contributed by atoms with Gasteiger partial charge in [0.1, 0.15) is 0 Å². The Balaban J connectivity index is 2.84. The Kier molecular flexibility index (Phi) is 1.98. The number of likely N-dealkylation sites (N-methyl/N-ethyl adjacent to an activating group) is 1. The zero-order valence-corrected chi connectivity index (χ0v) is 6.26. The Hall–Kier alpha value is -0.940. The molecule has 1 atom stereocenters. The number of hydrogen-bond donors (Lipinski definition) is 0. The van der Waals surface area contributed by atoms with Crippen LogP contribution in [-0.2, 0) is 0 Å². The molecule has 1 aliphatic heterocycles. The third-order valence-corrected chi connectivity index (χ3v) is 1.66. The predicted molar refractivity (Wildman–Crippen MR) is 41.6 cm³/mol. The fourth-order valence-corrected chi connectivity index (χ4v) is 1.04. The van der Waals surface area contributed by atoms with E-state index in [9.17, 15) is 0 Å². The molecule has 1 heteroatoms. The first-order valence-electron chi connectivity index (χ1n) is 3.25. The van der Waals surface area contributed by atoms with Gasteiger partial charge in [0.25, 0.3) is 0 Å². The van der Waals surface area contributed by atoms with Gasteiger partial charge in [-0.05, 0) is 0 Å². The Morgan fingerprint density at radius 3 is 2.80 bits per heavy atom. The summed E-state index contributed by atoms with van der Waals surface area (Å²) < 4.78 is 0. The van der Waals surface area contributed by atoms with Crippen molar-refractivity contribution in [3.8, 4) is 5.92 Å². The van der Waals surface area contributed by atoms with Crippen LogP contribution in [0.15, 0.2) is 23.9 Å². The van der Waals surface area contributed by atoms with Gasteiger partial charge in [0.15, 0.2) is 0 Å². The summed E-state index contributed by atoms with van der Waals surface area (Å²) in [6.07, 6.45) is 12.9. The fourth-order valence-electron chi connectivity index (χ4n) is 1.04. The van der Waals surface area contributed by atoms with E-state index in [1.54, 1.807) is 0 Å². The van der Waals surface area contributed by atoms with E-state index < -0.39 is 0 Å². The van der Waals surface area contributed by atoms with Crippen molar-refractivity contribution in [2.75, 3.05) is 7.05 Å². The monoisotopic (exact) mass is 132 g/mol. The summed E-state index contributed by atoms with van der Waals surface area (Å²) in [7, 11) is 1.94. The third-order valence-electron chi connectivity index (χ3n) is 1.66. The molecule has 0 bridgehead atoms. The average molecular weight is 132 g/mol. The normalized spacial score (nSPS) is 24.2. The molecule has 0 aromatic heterocycles. The molecule has 1 nitrogen and oxygen atoms in total. The van der Waals surface area contributed by atoms with Crippen LogP contribution in [0.2, 0.25) is 0 Å². The van der Waals surface area contributed by atoms with E-state index >= 15 is 0 Å². The van der Waals surface area contributed by atoms with Gasteiger partial charge in [-0.25, -0.2) is 0 Å². The molecule has 0 fully saturated rings. The average Bonchev–Trinajstić information content (AvgIpc) is 1.88. The Morgan fingerprint density at radius 2 is 2.40 bits per heavy atom. The summed E-state index contributed by atoms with van der Waals surface area (Å²) in [5, 5.41) is 0. The molecule has 1 aliphatic rings. The van der Waals surface area contributed by atoms with Crippen LogP contribution in [0, 0.1) is 12.3 Å². The Bertz CT molecular complexity index is 217. The first kappa shape index (κ1) is 7.17. The minimum atomic E-state index is 0.0463. The number of allylic oxidation sites excluding steroid dienone is 2. The van der Waals surface area contributed by atoms with E-state index in [0.29, 0.717) is 0 Å². The molecule has 0 saturated heterocycles. The van der Waals surface area contributed by atoms with E-state index in [1.165, 1.54) is 5.57 Å². The Morgan fingerprint density at radius 1 is 1.70 bits per heavy atom. The van der Waals surface area contributed by atoms with E-state index in [-0.39, 0.29) is 6.04 Å². The molecule has 10 heavy (non-hydrogen) atoms. The van der Waals surface area contributed by atoms with Crippen LogP contribution in [0.5, 0.6) is 0 Å². The maximum atomic E-state index is 6.99. The molecule has 1 unspecified atom stereocenters. The number of rotatable bonds is 0. The van der Waals surface area contributed by atoms with Crippen LogP contribution in [0.3, 0.4) is 0 Å². The molecular formula is C9H10N+. The first-order valence-corrected chi connectivity index (χ1v) is 3.25. The summed E-state index contributed by atoms with van der Waals surface area (Å²) in [4.78, 5) is 1.96. The molecule has 0 aliphatic carbocycles. The topological polar surface area (TPSA) is 3.24 Å². The SMILES string of the molecule is [C+]#CC1C(C)=CC=CN1C. The van der Waals surface area contributed by atoms with Crippen molar-refractivity contribution >= 4 is 0 Å². The van der Waals surface area contributed by atoms with Gasteiger partial charge < -0.3 is 0 Å².